The average Bonchev–Trinajstić information content (AvgIpc) is 3.26. The zero-order valence-corrected chi connectivity index (χ0v) is 16.3. The summed E-state index contributed by atoms with van der Waals surface area (Å²) in [6.07, 6.45) is 1.31. The second kappa shape index (κ2) is 7.19. The lowest BCUT2D eigenvalue weighted by molar-refractivity contribution is -0.132. The van der Waals surface area contributed by atoms with Gasteiger partial charge < -0.3 is 19.4 Å². The number of carbonyl (C=O) groups is 2. The van der Waals surface area contributed by atoms with E-state index in [-0.39, 0.29) is 17.9 Å². The van der Waals surface area contributed by atoms with Crippen LogP contribution in [0.15, 0.2) is 40.8 Å². The molecule has 3 aromatic rings. The van der Waals surface area contributed by atoms with Crippen molar-refractivity contribution >= 4 is 39.4 Å². The summed E-state index contributed by atoms with van der Waals surface area (Å²) in [5.41, 5.74) is 2.12. The number of hydrogen-bond donors (Lipinski definition) is 1. The van der Waals surface area contributed by atoms with Gasteiger partial charge in [-0.1, -0.05) is 25.1 Å². The lowest BCUT2D eigenvalue weighted by atomic mass is 10.1. The molecule has 2 heterocycles. The van der Waals surface area contributed by atoms with E-state index < -0.39 is 5.92 Å². The molecule has 1 aliphatic heterocycles. The van der Waals surface area contributed by atoms with Gasteiger partial charge in [0.05, 0.1) is 12.8 Å². The second-order valence-electron chi connectivity index (χ2n) is 7.27. The van der Waals surface area contributed by atoms with Crippen molar-refractivity contribution in [1.82, 2.24) is 5.32 Å². The quantitative estimate of drug-likeness (QED) is 0.682. The maximum Gasteiger partial charge on any atom is 0.239 e. The van der Waals surface area contributed by atoms with Gasteiger partial charge in [0.25, 0.3) is 0 Å². The van der Waals surface area contributed by atoms with Crippen molar-refractivity contribution in [2.75, 3.05) is 18.6 Å². The van der Waals surface area contributed by atoms with Gasteiger partial charge in [0.15, 0.2) is 0 Å². The van der Waals surface area contributed by atoms with Crippen LogP contribution < -0.4 is 15.0 Å². The van der Waals surface area contributed by atoms with Crippen LogP contribution in [0.5, 0.6) is 5.75 Å². The van der Waals surface area contributed by atoms with E-state index in [2.05, 4.69) is 5.32 Å². The summed E-state index contributed by atoms with van der Waals surface area (Å²) in [6, 6.07) is 11.6. The topological polar surface area (TPSA) is 71.8 Å². The molecule has 2 atom stereocenters. The number of para-hydroxylation sites is 1. The van der Waals surface area contributed by atoms with Gasteiger partial charge in [0, 0.05) is 29.4 Å². The van der Waals surface area contributed by atoms with Crippen molar-refractivity contribution in [3.05, 3.63) is 36.4 Å². The van der Waals surface area contributed by atoms with Crippen LogP contribution in [0.25, 0.3) is 21.9 Å². The summed E-state index contributed by atoms with van der Waals surface area (Å²) in [6.45, 7) is 4.41. The number of ether oxygens (including phenoxy) is 1. The highest BCUT2D eigenvalue weighted by atomic mass is 16.5. The van der Waals surface area contributed by atoms with Crippen molar-refractivity contribution in [3.63, 3.8) is 0 Å². The number of amides is 2. The molecule has 1 saturated heterocycles. The van der Waals surface area contributed by atoms with Crippen LogP contribution >= 0.6 is 0 Å². The van der Waals surface area contributed by atoms with Gasteiger partial charge in [-0.15, -0.1) is 0 Å². The number of benzene rings is 2. The SMILES string of the molecule is CC[C@@H](C)NC(=O)[C@@H]1CCN(c2cc3oc4ccccc4c3cc2OC)C1=O. The molecule has 146 valence electrons. The van der Waals surface area contributed by atoms with Crippen LogP contribution in [-0.2, 0) is 9.59 Å². The van der Waals surface area contributed by atoms with Gasteiger partial charge in [-0.25, -0.2) is 0 Å². The van der Waals surface area contributed by atoms with Gasteiger partial charge in [-0.3, -0.25) is 9.59 Å². The smallest absolute Gasteiger partial charge is 0.239 e. The molecule has 0 unspecified atom stereocenters. The minimum absolute atomic E-state index is 0.0517. The van der Waals surface area contributed by atoms with E-state index in [0.29, 0.717) is 30.0 Å². The maximum absolute atomic E-state index is 13.0. The Labute approximate surface area is 163 Å². The van der Waals surface area contributed by atoms with Crippen molar-refractivity contribution in [2.24, 2.45) is 5.92 Å². The fourth-order valence-corrected chi connectivity index (χ4v) is 3.72. The lowest BCUT2D eigenvalue weighted by Crippen LogP contribution is -2.40. The first-order valence-electron chi connectivity index (χ1n) is 9.64. The predicted octanol–water partition coefficient (Wildman–Crippen LogP) is 3.86. The Morgan fingerprint density at radius 3 is 2.82 bits per heavy atom. The molecule has 1 N–H and O–H groups in total. The highest BCUT2D eigenvalue weighted by Gasteiger charge is 2.39. The third-order valence-corrected chi connectivity index (χ3v) is 5.49. The molecule has 0 radical (unpaired) electrons. The zero-order chi connectivity index (χ0) is 19.8. The van der Waals surface area contributed by atoms with Crippen molar-refractivity contribution in [2.45, 2.75) is 32.7 Å². The summed E-state index contributed by atoms with van der Waals surface area (Å²) in [5, 5.41) is 4.85. The second-order valence-corrected chi connectivity index (χ2v) is 7.27. The normalized spacial score (nSPS) is 18.0. The molecule has 0 spiro atoms. The lowest BCUT2D eigenvalue weighted by Gasteiger charge is -2.20. The molecule has 6 heteroatoms. The molecule has 1 fully saturated rings. The Bertz CT molecular complexity index is 1060. The summed E-state index contributed by atoms with van der Waals surface area (Å²) < 4.78 is 11.5. The third-order valence-electron chi connectivity index (χ3n) is 5.49. The molecular weight excluding hydrogens is 356 g/mol. The molecule has 0 aliphatic carbocycles. The molecule has 2 amide bonds. The Balaban J connectivity index is 1.69. The molecule has 1 aliphatic rings. The predicted molar refractivity (Wildman–Crippen MR) is 109 cm³/mol. The van der Waals surface area contributed by atoms with Gasteiger partial charge in [-0.05, 0) is 31.9 Å². The van der Waals surface area contributed by atoms with Gasteiger partial charge in [0.2, 0.25) is 11.8 Å². The molecule has 1 aromatic heterocycles. The largest absolute Gasteiger partial charge is 0.495 e. The number of hydrogen-bond acceptors (Lipinski definition) is 4. The molecule has 0 saturated carbocycles. The molecular formula is C22H24N2O4. The van der Waals surface area contributed by atoms with Crippen molar-refractivity contribution in [1.29, 1.82) is 0 Å². The zero-order valence-electron chi connectivity index (χ0n) is 16.3. The Morgan fingerprint density at radius 1 is 1.29 bits per heavy atom. The number of methoxy groups -OCH3 is 1. The summed E-state index contributed by atoms with van der Waals surface area (Å²) in [7, 11) is 1.58. The van der Waals surface area contributed by atoms with Gasteiger partial charge in [0.1, 0.15) is 22.8 Å². The highest BCUT2D eigenvalue weighted by molar-refractivity contribution is 6.12. The molecule has 2 aromatic carbocycles. The van der Waals surface area contributed by atoms with Gasteiger partial charge in [-0.2, -0.15) is 0 Å². The molecule has 0 bridgehead atoms. The number of nitrogens with one attached hydrogen (secondary N) is 1. The number of carbonyl (C=O) groups excluding carboxylic acids is 2. The summed E-state index contributed by atoms with van der Waals surface area (Å²) in [5.74, 6) is -0.472. The van der Waals surface area contributed by atoms with Crippen LogP contribution in [0.3, 0.4) is 0 Å². The Morgan fingerprint density at radius 2 is 2.07 bits per heavy atom. The van der Waals surface area contributed by atoms with Crippen LogP contribution in [0.4, 0.5) is 5.69 Å². The average molecular weight is 380 g/mol. The molecule has 6 nitrogen and oxygen atoms in total. The number of fused-ring (bicyclic) bond motifs is 3. The van der Waals surface area contributed by atoms with Crippen LogP contribution in [0.2, 0.25) is 0 Å². The fraction of sp³-hybridized carbons (Fsp3) is 0.364. The van der Waals surface area contributed by atoms with Crippen molar-refractivity contribution < 1.29 is 18.7 Å². The van der Waals surface area contributed by atoms with E-state index in [0.717, 1.165) is 22.8 Å². The summed E-state index contributed by atoms with van der Waals surface area (Å²) in [4.78, 5) is 27.1. The fourth-order valence-electron chi connectivity index (χ4n) is 3.72. The molecule has 4 rings (SSSR count). The van der Waals surface area contributed by atoms with E-state index >= 15 is 0 Å². The van der Waals surface area contributed by atoms with Crippen LogP contribution in [0.1, 0.15) is 26.7 Å². The first-order valence-corrected chi connectivity index (χ1v) is 9.64. The van der Waals surface area contributed by atoms with Gasteiger partial charge >= 0.3 is 0 Å². The number of rotatable bonds is 5. The van der Waals surface area contributed by atoms with E-state index in [1.54, 1.807) is 12.0 Å². The standard InChI is InChI=1S/C22H24N2O4/c1-4-13(2)23-21(25)15-9-10-24(22(15)26)17-12-19-16(11-20(17)27-3)14-7-5-6-8-18(14)28-19/h5-8,11-13,15H,4,9-10H2,1-3H3,(H,23,25)/t13-,15+/m1/s1. The van der Waals surface area contributed by atoms with Crippen LogP contribution in [-0.4, -0.2) is 31.5 Å². The third kappa shape index (κ3) is 2.99. The number of nitrogens with zero attached hydrogens (tertiary/aromatic N) is 1. The van der Waals surface area contributed by atoms with E-state index in [1.165, 1.54) is 0 Å². The molecule has 28 heavy (non-hydrogen) atoms. The highest BCUT2D eigenvalue weighted by Crippen LogP contribution is 2.40. The van der Waals surface area contributed by atoms with Crippen LogP contribution in [0, 0.1) is 5.92 Å². The van der Waals surface area contributed by atoms with E-state index in [1.807, 2.05) is 50.2 Å². The minimum Gasteiger partial charge on any atom is -0.495 e. The number of furan rings is 1. The Hall–Kier alpha value is -3.02. The minimum atomic E-state index is -0.662. The van der Waals surface area contributed by atoms with Crippen molar-refractivity contribution in [3.8, 4) is 5.75 Å². The van der Waals surface area contributed by atoms with E-state index in [4.69, 9.17) is 9.15 Å². The Kier molecular flexibility index (Phi) is 4.71. The maximum atomic E-state index is 13.0. The first-order chi connectivity index (χ1) is 13.5. The number of anilines is 1. The van der Waals surface area contributed by atoms with E-state index in [9.17, 15) is 9.59 Å². The first kappa shape index (κ1) is 18.3. The monoisotopic (exact) mass is 380 g/mol. The summed E-state index contributed by atoms with van der Waals surface area (Å²) >= 11 is 0.